The zero-order valence-electron chi connectivity index (χ0n) is 12.9. The highest BCUT2D eigenvalue weighted by atomic mass is 16.5. The van der Waals surface area contributed by atoms with Crippen LogP contribution < -0.4 is 10.2 Å². The largest absolute Gasteiger partial charge is 0.497 e. The van der Waals surface area contributed by atoms with Crippen molar-refractivity contribution in [2.75, 3.05) is 7.11 Å². The molecule has 0 aromatic heterocycles. The monoisotopic (exact) mass is 296 g/mol. The van der Waals surface area contributed by atoms with Crippen molar-refractivity contribution in [2.45, 2.75) is 19.8 Å². The van der Waals surface area contributed by atoms with Crippen molar-refractivity contribution >= 4 is 11.6 Å². The maximum atomic E-state index is 12.0. The number of ether oxygens (including phenoxy) is 1. The van der Waals surface area contributed by atoms with Gasteiger partial charge in [0.15, 0.2) is 0 Å². The summed E-state index contributed by atoms with van der Waals surface area (Å²) in [6.45, 7) is 2.02. The first kappa shape index (κ1) is 15.8. The molecule has 0 saturated carbocycles. The first-order valence-corrected chi connectivity index (χ1v) is 7.26. The summed E-state index contributed by atoms with van der Waals surface area (Å²) in [6.07, 6.45) is 1.05. The van der Waals surface area contributed by atoms with Crippen molar-refractivity contribution < 1.29 is 9.53 Å². The Hall–Kier alpha value is -2.62. The molecule has 0 saturated heterocycles. The van der Waals surface area contributed by atoms with Crippen molar-refractivity contribution in [3.63, 3.8) is 0 Å². The standard InChI is InChI=1S/C18H20N2O2/c1-3-17(15-7-5-4-6-8-15)19-20-18(21)13-14-9-11-16(22-2)12-10-14/h4-12H,3,13H2,1-2H3,(H,20,21). The summed E-state index contributed by atoms with van der Waals surface area (Å²) in [4.78, 5) is 12.0. The van der Waals surface area contributed by atoms with E-state index in [1.165, 1.54) is 0 Å². The lowest BCUT2D eigenvalue weighted by Gasteiger charge is -2.06. The zero-order valence-corrected chi connectivity index (χ0v) is 12.9. The average molecular weight is 296 g/mol. The molecule has 2 aromatic rings. The average Bonchev–Trinajstić information content (AvgIpc) is 2.57. The molecule has 0 heterocycles. The lowest BCUT2D eigenvalue weighted by molar-refractivity contribution is -0.120. The van der Waals surface area contributed by atoms with E-state index >= 15 is 0 Å². The van der Waals surface area contributed by atoms with E-state index in [9.17, 15) is 4.79 Å². The number of amides is 1. The lowest BCUT2D eigenvalue weighted by atomic mass is 10.1. The van der Waals surface area contributed by atoms with Gasteiger partial charge in [-0.1, -0.05) is 49.4 Å². The van der Waals surface area contributed by atoms with Gasteiger partial charge in [-0.25, -0.2) is 5.43 Å². The normalized spacial score (nSPS) is 11.1. The van der Waals surface area contributed by atoms with Crippen molar-refractivity contribution in [1.82, 2.24) is 5.43 Å². The second kappa shape index (κ2) is 7.98. The van der Waals surface area contributed by atoms with Crippen LogP contribution in [-0.4, -0.2) is 18.7 Å². The molecular weight excluding hydrogens is 276 g/mol. The van der Waals surface area contributed by atoms with Gasteiger partial charge in [-0.05, 0) is 29.7 Å². The lowest BCUT2D eigenvalue weighted by Crippen LogP contribution is -2.21. The van der Waals surface area contributed by atoms with Crippen LogP contribution >= 0.6 is 0 Å². The number of nitrogens with one attached hydrogen (secondary N) is 1. The van der Waals surface area contributed by atoms with E-state index in [4.69, 9.17) is 4.74 Å². The molecule has 2 rings (SSSR count). The predicted molar refractivity (Wildman–Crippen MR) is 88.1 cm³/mol. The van der Waals surface area contributed by atoms with Crippen molar-refractivity contribution in [3.8, 4) is 5.75 Å². The summed E-state index contributed by atoms with van der Waals surface area (Å²) in [5.74, 6) is 0.645. The molecule has 0 aliphatic carbocycles. The highest BCUT2D eigenvalue weighted by molar-refractivity contribution is 6.00. The zero-order chi connectivity index (χ0) is 15.8. The van der Waals surface area contributed by atoms with Gasteiger partial charge >= 0.3 is 0 Å². The third-order valence-corrected chi connectivity index (χ3v) is 3.28. The maximum Gasteiger partial charge on any atom is 0.244 e. The molecule has 0 aliphatic heterocycles. The van der Waals surface area contributed by atoms with Gasteiger partial charge in [0, 0.05) is 0 Å². The van der Waals surface area contributed by atoms with Crippen LogP contribution in [0.3, 0.4) is 0 Å². The number of rotatable bonds is 6. The minimum absolute atomic E-state index is 0.132. The van der Waals surface area contributed by atoms with Crippen LogP contribution in [0.25, 0.3) is 0 Å². The Morgan fingerprint density at radius 1 is 1.09 bits per heavy atom. The number of hydrogen-bond acceptors (Lipinski definition) is 3. The Labute approximate surface area is 130 Å². The number of benzene rings is 2. The van der Waals surface area contributed by atoms with Crippen LogP contribution in [0.2, 0.25) is 0 Å². The van der Waals surface area contributed by atoms with E-state index < -0.39 is 0 Å². The van der Waals surface area contributed by atoms with Crippen LogP contribution in [0.4, 0.5) is 0 Å². The third-order valence-electron chi connectivity index (χ3n) is 3.28. The van der Waals surface area contributed by atoms with Gasteiger partial charge < -0.3 is 4.74 Å². The molecule has 4 nitrogen and oxygen atoms in total. The Kier molecular flexibility index (Phi) is 5.72. The van der Waals surface area contributed by atoms with Gasteiger partial charge in [0.25, 0.3) is 0 Å². The highest BCUT2D eigenvalue weighted by Crippen LogP contribution is 2.11. The molecule has 22 heavy (non-hydrogen) atoms. The van der Waals surface area contributed by atoms with Crippen LogP contribution in [0, 0.1) is 0 Å². The number of carbonyl (C=O) groups excluding carboxylic acids is 1. The SMILES string of the molecule is CCC(=NNC(=O)Cc1ccc(OC)cc1)c1ccccc1. The molecular formula is C18H20N2O2. The van der Waals surface area contributed by atoms with Crippen molar-refractivity contribution in [1.29, 1.82) is 0 Å². The van der Waals surface area contributed by atoms with E-state index in [2.05, 4.69) is 10.5 Å². The van der Waals surface area contributed by atoms with Crippen LogP contribution in [0.5, 0.6) is 5.75 Å². The number of carbonyl (C=O) groups is 1. The second-order valence-electron chi connectivity index (χ2n) is 4.84. The smallest absolute Gasteiger partial charge is 0.244 e. The Morgan fingerprint density at radius 3 is 2.36 bits per heavy atom. The fraction of sp³-hybridized carbons (Fsp3) is 0.222. The second-order valence-corrected chi connectivity index (χ2v) is 4.84. The summed E-state index contributed by atoms with van der Waals surface area (Å²) in [5.41, 5.74) is 5.44. The molecule has 0 fully saturated rings. The summed E-state index contributed by atoms with van der Waals surface area (Å²) in [5, 5.41) is 4.23. The molecule has 2 aromatic carbocycles. The molecule has 4 heteroatoms. The Balaban J connectivity index is 1.97. The summed E-state index contributed by atoms with van der Waals surface area (Å²) in [7, 11) is 1.62. The van der Waals surface area contributed by atoms with E-state index in [0.717, 1.165) is 29.0 Å². The fourth-order valence-corrected chi connectivity index (χ4v) is 2.08. The summed E-state index contributed by atoms with van der Waals surface area (Å²) in [6, 6.07) is 17.3. The van der Waals surface area contributed by atoms with Gasteiger partial charge in [0.05, 0.1) is 19.2 Å². The van der Waals surface area contributed by atoms with Gasteiger partial charge in [0.2, 0.25) is 5.91 Å². The summed E-state index contributed by atoms with van der Waals surface area (Å²) >= 11 is 0. The summed E-state index contributed by atoms with van der Waals surface area (Å²) < 4.78 is 5.09. The Morgan fingerprint density at radius 2 is 1.77 bits per heavy atom. The quantitative estimate of drug-likeness (QED) is 0.657. The van der Waals surface area contributed by atoms with Crippen LogP contribution in [0.1, 0.15) is 24.5 Å². The van der Waals surface area contributed by atoms with Crippen molar-refractivity contribution in [3.05, 3.63) is 65.7 Å². The number of methoxy groups -OCH3 is 1. The van der Waals surface area contributed by atoms with Gasteiger partial charge in [0.1, 0.15) is 5.75 Å². The van der Waals surface area contributed by atoms with E-state index in [0.29, 0.717) is 6.42 Å². The molecule has 0 atom stereocenters. The number of hydrazone groups is 1. The van der Waals surface area contributed by atoms with Crippen LogP contribution in [0.15, 0.2) is 59.7 Å². The van der Waals surface area contributed by atoms with Gasteiger partial charge in [-0.3, -0.25) is 4.79 Å². The van der Waals surface area contributed by atoms with Gasteiger partial charge in [-0.15, -0.1) is 0 Å². The van der Waals surface area contributed by atoms with Crippen LogP contribution in [-0.2, 0) is 11.2 Å². The third kappa shape index (κ3) is 4.45. The van der Waals surface area contributed by atoms with E-state index in [1.54, 1.807) is 7.11 Å². The first-order chi connectivity index (χ1) is 10.7. The number of nitrogens with zero attached hydrogens (tertiary/aromatic N) is 1. The Bertz CT molecular complexity index is 634. The maximum absolute atomic E-state index is 12.0. The molecule has 0 unspecified atom stereocenters. The topological polar surface area (TPSA) is 50.7 Å². The molecule has 0 radical (unpaired) electrons. The number of hydrogen-bond donors (Lipinski definition) is 1. The minimum Gasteiger partial charge on any atom is -0.497 e. The van der Waals surface area contributed by atoms with E-state index in [-0.39, 0.29) is 5.91 Å². The minimum atomic E-state index is -0.132. The van der Waals surface area contributed by atoms with E-state index in [1.807, 2.05) is 61.5 Å². The molecule has 0 aliphatic rings. The molecule has 1 amide bonds. The van der Waals surface area contributed by atoms with Crippen molar-refractivity contribution in [2.24, 2.45) is 5.10 Å². The predicted octanol–water partition coefficient (Wildman–Crippen LogP) is 3.17. The molecule has 0 bridgehead atoms. The van der Waals surface area contributed by atoms with Gasteiger partial charge in [-0.2, -0.15) is 5.10 Å². The first-order valence-electron chi connectivity index (χ1n) is 7.26. The molecule has 114 valence electrons. The highest BCUT2D eigenvalue weighted by Gasteiger charge is 2.05. The fourth-order valence-electron chi connectivity index (χ4n) is 2.08. The molecule has 1 N–H and O–H groups in total. The molecule has 0 spiro atoms.